The topological polar surface area (TPSA) is 95.1 Å². The second-order valence-corrected chi connectivity index (χ2v) is 6.54. The molecule has 0 rings (SSSR count). The van der Waals surface area contributed by atoms with E-state index in [0.29, 0.717) is 0 Å². The second-order valence-electron chi connectivity index (χ2n) is 6.54. The molecule has 4 nitrogen and oxygen atoms in total. The van der Waals surface area contributed by atoms with Gasteiger partial charge in [0, 0.05) is 0 Å². The third kappa shape index (κ3) is 10.9. The molecule has 0 saturated heterocycles. The number of Topliss-reactive ketones (excluding diaryl/α,β-unsaturated/α-hetero) is 1. The third-order valence-corrected chi connectivity index (χ3v) is 4.13. The highest BCUT2D eigenvalue weighted by molar-refractivity contribution is 5.88. The number of unbranched alkanes of at least 4 members (excludes halogenated alkanes) is 8. The lowest BCUT2D eigenvalue weighted by Crippen LogP contribution is -2.45. The van der Waals surface area contributed by atoms with Crippen LogP contribution in [0.15, 0.2) is 0 Å². The maximum Gasteiger partial charge on any atom is 0.166 e. The molecule has 0 saturated carbocycles. The highest BCUT2D eigenvalue weighted by atomic mass is 16.1. The van der Waals surface area contributed by atoms with Gasteiger partial charge in [0.2, 0.25) is 0 Å². The van der Waals surface area contributed by atoms with Gasteiger partial charge < -0.3 is 17.2 Å². The van der Waals surface area contributed by atoms with E-state index in [1.165, 1.54) is 44.9 Å². The Labute approximate surface area is 131 Å². The number of carbonyl (C=O) groups excluding carboxylic acids is 1. The van der Waals surface area contributed by atoms with Crippen LogP contribution in [0.1, 0.15) is 78.1 Å². The fourth-order valence-electron chi connectivity index (χ4n) is 2.46. The summed E-state index contributed by atoms with van der Waals surface area (Å²) in [6.07, 6.45) is 11.9. The van der Waals surface area contributed by atoms with Crippen LogP contribution >= 0.6 is 0 Å². The SMILES string of the molecule is CC(C)C(N)C(=O)C(N)CCCCCCCCCCCN. The first-order valence-corrected chi connectivity index (χ1v) is 8.75. The van der Waals surface area contributed by atoms with Gasteiger partial charge in [0.15, 0.2) is 5.78 Å². The first-order valence-electron chi connectivity index (χ1n) is 8.75. The fraction of sp³-hybridized carbons (Fsp3) is 0.941. The van der Waals surface area contributed by atoms with E-state index < -0.39 is 6.04 Å². The number of ketones is 1. The summed E-state index contributed by atoms with van der Waals surface area (Å²) in [5, 5.41) is 0. The van der Waals surface area contributed by atoms with Gasteiger partial charge in [-0.3, -0.25) is 4.79 Å². The lowest BCUT2D eigenvalue weighted by atomic mass is 9.93. The molecule has 0 aliphatic rings. The molecular formula is C17H37N3O. The zero-order valence-electron chi connectivity index (χ0n) is 14.2. The Bertz CT molecular complexity index is 256. The maximum atomic E-state index is 11.9. The molecule has 0 fully saturated rings. The molecule has 0 aromatic rings. The summed E-state index contributed by atoms with van der Waals surface area (Å²) >= 11 is 0. The van der Waals surface area contributed by atoms with E-state index in [0.717, 1.165) is 25.8 Å². The maximum absolute atomic E-state index is 11.9. The molecule has 0 amide bonds. The Morgan fingerprint density at radius 1 is 0.810 bits per heavy atom. The molecule has 0 aliphatic heterocycles. The van der Waals surface area contributed by atoms with E-state index in [-0.39, 0.29) is 17.7 Å². The average Bonchev–Trinajstić information content (AvgIpc) is 2.47. The largest absolute Gasteiger partial charge is 0.330 e. The first kappa shape index (κ1) is 20.6. The van der Waals surface area contributed by atoms with E-state index in [1.807, 2.05) is 13.8 Å². The first-order chi connectivity index (χ1) is 10.0. The third-order valence-electron chi connectivity index (χ3n) is 4.13. The van der Waals surface area contributed by atoms with Crippen molar-refractivity contribution in [2.45, 2.75) is 90.1 Å². The zero-order chi connectivity index (χ0) is 16.1. The van der Waals surface area contributed by atoms with Gasteiger partial charge in [-0.1, -0.05) is 65.2 Å². The van der Waals surface area contributed by atoms with E-state index in [1.54, 1.807) is 0 Å². The van der Waals surface area contributed by atoms with E-state index in [9.17, 15) is 4.79 Å². The van der Waals surface area contributed by atoms with Crippen molar-refractivity contribution in [3.05, 3.63) is 0 Å². The van der Waals surface area contributed by atoms with Gasteiger partial charge in [0.1, 0.15) is 0 Å². The van der Waals surface area contributed by atoms with Crippen LogP contribution in [0.5, 0.6) is 0 Å². The van der Waals surface area contributed by atoms with Crippen LogP contribution in [0.25, 0.3) is 0 Å². The van der Waals surface area contributed by atoms with Crippen LogP contribution in [0.2, 0.25) is 0 Å². The predicted molar refractivity (Wildman–Crippen MR) is 91.0 cm³/mol. The Balaban J connectivity index is 3.44. The number of hydrogen-bond donors (Lipinski definition) is 3. The summed E-state index contributed by atoms with van der Waals surface area (Å²) in [6.45, 7) is 4.74. The molecule has 6 N–H and O–H groups in total. The monoisotopic (exact) mass is 299 g/mol. The summed E-state index contributed by atoms with van der Waals surface area (Å²) in [7, 11) is 0. The fourth-order valence-corrected chi connectivity index (χ4v) is 2.46. The molecule has 2 atom stereocenters. The van der Waals surface area contributed by atoms with Crippen molar-refractivity contribution < 1.29 is 4.79 Å². The van der Waals surface area contributed by atoms with Gasteiger partial charge >= 0.3 is 0 Å². The Kier molecular flexibility index (Phi) is 12.9. The number of rotatable bonds is 14. The highest BCUT2D eigenvalue weighted by Crippen LogP contribution is 2.12. The van der Waals surface area contributed by atoms with Crippen molar-refractivity contribution in [3.63, 3.8) is 0 Å². The van der Waals surface area contributed by atoms with Crippen LogP contribution in [0.3, 0.4) is 0 Å². The summed E-state index contributed by atoms with van der Waals surface area (Å²) < 4.78 is 0. The van der Waals surface area contributed by atoms with Crippen LogP contribution in [0, 0.1) is 5.92 Å². The Morgan fingerprint density at radius 3 is 1.67 bits per heavy atom. The molecule has 21 heavy (non-hydrogen) atoms. The molecule has 0 spiro atoms. The minimum absolute atomic E-state index is 0.0184. The normalized spacial score (nSPS) is 14.4. The van der Waals surface area contributed by atoms with Crippen molar-refractivity contribution >= 4 is 5.78 Å². The van der Waals surface area contributed by atoms with Gasteiger partial charge in [-0.15, -0.1) is 0 Å². The van der Waals surface area contributed by atoms with Crippen LogP contribution in [-0.4, -0.2) is 24.4 Å². The highest BCUT2D eigenvalue weighted by Gasteiger charge is 2.22. The van der Waals surface area contributed by atoms with Crippen molar-refractivity contribution in [1.29, 1.82) is 0 Å². The number of nitrogens with two attached hydrogens (primary N) is 3. The van der Waals surface area contributed by atoms with Crippen molar-refractivity contribution in [3.8, 4) is 0 Å². The zero-order valence-corrected chi connectivity index (χ0v) is 14.2. The van der Waals surface area contributed by atoms with Crippen LogP contribution in [-0.2, 0) is 4.79 Å². The van der Waals surface area contributed by atoms with Crippen molar-refractivity contribution in [1.82, 2.24) is 0 Å². The molecule has 0 radical (unpaired) electrons. The molecule has 0 aliphatic carbocycles. The predicted octanol–water partition coefficient (Wildman–Crippen LogP) is 2.73. The summed E-state index contributed by atoms with van der Waals surface area (Å²) in [5.41, 5.74) is 17.2. The molecule has 0 bridgehead atoms. The minimum Gasteiger partial charge on any atom is -0.330 e. The Hall–Kier alpha value is -0.450. The molecule has 2 unspecified atom stereocenters. The molecule has 4 heteroatoms. The van der Waals surface area contributed by atoms with Gasteiger partial charge in [-0.05, 0) is 25.3 Å². The molecular weight excluding hydrogens is 262 g/mol. The van der Waals surface area contributed by atoms with E-state index in [2.05, 4.69) is 0 Å². The number of carbonyl (C=O) groups is 1. The van der Waals surface area contributed by atoms with Crippen LogP contribution in [0.4, 0.5) is 0 Å². The number of hydrogen-bond acceptors (Lipinski definition) is 4. The second kappa shape index (κ2) is 13.2. The standard InChI is InChI=1S/C17H37N3O/c1-14(2)16(20)17(21)15(19)12-10-8-6-4-3-5-7-9-11-13-18/h14-16H,3-13,18-20H2,1-2H3. The average molecular weight is 300 g/mol. The van der Waals surface area contributed by atoms with E-state index in [4.69, 9.17) is 17.2 Å². The van der Waals surface area contributed by atoms with Crippen LogP contribution < -0.4 is 17.2 Å². The van der Waals surface area contributed by atoms with Gasteiger partial charge in [0.05, 0.1) is 12.1 Å². The molecule has 126 valence electrons. The van der Waals surface area contributed by atoms with Gasteiger partial charge in [-0.2, -0.15) is 0 Å². The lowest BCUT2D eigenvalue weighted by Gasteiger charge is -2.18. The lowest BCUT2D eigenvalue weighted by molar-refractivity contribution is -0.122. The Morgan fingerprint density at radius 2 is 1.24 bits per heavy atom. The van der Waals surface area contributed by atoms with Crippen molar-refractivity contribution in [2.24, 2.45) is 23.1 Å². The molecule has 0 aromatic heterocycles. The van der Waals surface area contributed by atoms with Gasteiger partial charge in [0.25, 0.3) is 0 Å². The minimum atomic E-state index is -0.409. The molecule has 0 aromatic carbocycles. The van der Waals surface area contributed by atoms with Gasteiger partial charge in [-0.25, -0.2) is 0 Å². The quantitative estimate of drug-likeness (QED) is 0.430. The van der Waals surface area contributed by atoms with Crippen molar-refractivity contribution in [2.75, 3.05) is 6.54 Å². The summed E-state index contributed by atoms with van der Waals surface area (Å²) in [5.74, 6) is 0.188. The molecule has 0 heterocycles. The summed E-state index contributed by atoms with van der Waals surface area (Å²) in [4.78, 5) is 11.9. The van der Waals surface area contributed by atoms with E-state index >= 15 is 0 Å². The smallest absolute Gasteiger partial charge is 0.166 e. The summed E-state index contributed by atoms with van der Waals surface area (Å²) in [6, 6.07) is -0.785.